The van der Waals surface area contributed by atoms with Crippen LogP contribution in [0, 0.1) is 5.82 Å². The predicted octanol–water partition coefficient (Wildman–Crippen LogP) is 1.55. The summed E-state index contributed by atoms with van der Waals surface area (Å²) in [5.74, 6) is 0.651. The normalized spacial score (nSPS) is 10.0. The second-order valence-corrected chi connectivity index (χ2v) is 3.90. The van der Waals surface area contributed by atoms with E-state index >= 15 is 0 Å². The van der Waals surface area contributed by atoms with E-state index in [1.165, 1.54) is 31.0 Å². The van der Waals surface area contributed by atoms with E-state index in [9.17, 15) is 9.18 Å². The summed E-state index contributed by atoms with van der Waals surface area (Å²) in [6.07, 6.45) is 0. The quantitative estimate of drug-likeness (QED) is 0.833. The fourth-order valence-electron chi connectivity index (χ4n) is 1.12. The highest BCUT2D eigenvalue weighted by atomic mass is 32.2. The van der Waals surface area contributed by atoms with Gasteiger partial charge in [-0.25, -0.2) is 4.39 Å². The zero-order valence-corrected chi connectivity index (χ0v) is 9.14. The molecule has 1 aromatic rings. The van der Waals surface area contributed by atoms with Crippen LogP contribution in [0.1, 0.15) is 5.56 Å². The molecule has 0 aromatic heterocycles. The van der Waals surface area contributed by atoms with Gasteiger partial charge in [0.25, 0.3) is 0 Å². The van der Waals surface area contributed by atoms with Gasteiger partial charge in [0.1, 0.15) is 11.6 Å². The van der Waals surface area contributed by atoms with E-state index in [2.05, 4.69) is 0 Å². The average Bonchev–Trinajstić information content (AvgIpc) is 2.17. The number of carbonyl (C=O) groups excluding carboxylic acids is 1. The van der Waals surface area contributed by atoms with Crippen molar-refractivity contribution in [1.82, 2.24) is 0 Å². The van der Waals surface area contributed by atoms with Gasteiger partial charge in [0.05, 0.1) is 12.9 Å². The van der Waals surface area contributed by atoms with E-state index < -0.39 is 0 Å². The van der Waals surface area contributed by atoms with Gasteiger partial charge in [-0.3, -0.25) is 4.79 Å². The van der Waals surface area contributed by atoms with Crippen LogP contribution in [0.4, 0.5) is 4.39 Å². The van der Waals surface area contributed by atoms with Crippen LogP contribution < -0.4 is 10.5 Å². The molecule has 0 atom stereocenters. The van der Waals surface area contributed by atoms with Crippen LogP contribution in [-0.4, -0.2) is 18.8 Å². The molecule has 5 heteroatoms. The van der Waals surface area contributed by atoms with Crippen LogP contribution in [0.25, 0.3) is 0 Å². The minimum atomic E-state index is -0.379. The maximum absolute atomic E-state index is 12.9. The van der Waals surface area contributed by atoms with Crippen LogP contribution in [0.5, 0.6) is 5.75 Å². The smallest absolute Gasteiger partial charge is 0.227 e. The van der Waals surface area contributed by atoms with Crippen molar-refractivity contribution in [2.24, 2.45) is 5.73 Å². The van der Waals surface area contributed by atoms with Gasteiger partial charge in [-0.1, -0.05) is 0 Å². The fourth-order valence-corrected chi connectivity index (χ4v) is 1.87. The monoisotopic (exact) mass is 229 g/mol. The van der Waals surface area contributed by atoms with Gasteiger partial charge >= 0.3 is 0 Å². The van der Waals surface area contributed by atoms with E-state index in [0.717, 1.165) is 5.56 Å². The molecule has 0 radical (unpaired) electrons. The number of rotatable bonds is 5. The molecule has 15 heavy (non-hydrogen) atoms. The van der Waals surface area contributed by atoms with Crippen LogP contribution in [0.3, 0.4) is 0 Å². The van der Waals surface area contributed by atoms with Crippen molar-refractivity contribution in [3.05, 3.63) is 29.6 Å². The number of nitrogens with two attached hydrogens (primary N) is 1. The summed E-state index contributed by atoms with van der Waals surface area (Å²) in [4.78, 5) is 10.5. The lowest BCUT2D eigenvalue weighted by Gasteiger charge is -2.07. The molecule has 0 spiro atoms. The fraction of sp³-hybridized carbons (Fsp3) is 0.300. The first kappa shape index (κ1) is 11.8. The molecule has 0 unspecified atom stereocenters. The molecule has 0 heterocycles. The second kappa shape index (κ2) is 5.60. The maximum atomic E-state index is 12.9. The minimum Gasteiger partial charge on any atom is -0.496 e. The Morgan fingerprint density at radius 3 is 2.93 bits per heavy atom. The van der Waals surface area contributed by atoms with Gasteiger partial charge in [-0.2, -0.15) is 0 Å². The highest BCUT2D eigenvalue weighted by Gasteiger charge is 2.05. The van der Waals surface area contributed by atoms with Crippen molar-refractivity contribution < 1.29 is 13.9 Å². The number of hydrogen-bond donors (Lipinski definition) is 1. The van der Waals surface area contributed by atoms with Crippen molar-refractivity contribution >= 4 is 17.7 Å². The van der Waals surface area contributed by atoms with Gasteiger partial charge < -0.3 is 10.5 Å². The number of hydrogen-bond acceptors (Lipinski definition) is 3. The lowest BCUT2D eigenvalue weighted by molar-refractivity contribution is -0.115. The highest BCUT2D eigenvalue weighted by molar-refractivity contribution is 7.99. The third-order valence-electron chi connectivity index (χ3n) is 1.74. The molecule has 0 aliphatic carbocycles. The molecule has 2 N–H and O–H groups in total. The van der Waals surface area contributed by atoms with Crippen LogP contribution in [0.15, 0.2) is 18.2 Å². The summed E-state index contributed by atoms with van der Waals surface area (Å²) < 4.78 is 18.0. The molecule has 0 bridgehead atoms. The van der Waals surface area contributed by atoms with E-state index in [0.29, 0.717) is 11.5 Å². The molecule has 0 saturated heterocycles. The van der Waals surface area contributed by atoms with E-state index in [1.54, 1.807) is 6.07 Å². The van der Waals surface area contributed by atoms with Crippen LogP contribution in [-0.2, 0) is 10.5 Å². The predicted molar refractivity (Wildman–Crippen MR) is 58.3 cm³/mol. The molecule has 3 nitrogen and oxygen atoms in total. The zero-order chi connectivity index (χ0) is 11.3. The second-order valence-electron chi connectivity index (χ2n) is 2.92. The van der Waals surface area contributed by atoms with E-state index in [4.69, 9.17) is 10.5 Å². The molecular weight excluding hydrogens is 217 g/mol. The molecule has 0 saturated carbocycles. The lowest BCUT2D eigenvalue weighted by Crippen LogP contribution is -2.13. The summed E-state index contributed by atoms with van der Waals surface area (Å²) in [5.41, 5.74) is 5.72. The number of ether oxygens (including phenoxy) is 1. The molecule has 1 amide bonds. The van der Waals surface area contributed by atoms with Crippen molar-refractivity contribution in [2.45, 2.75) is 5.75 Å². The Labute approximate surface area is 91.8 Å². The number of carbonyl (C=O) groups is 1. The summed E-state index contributed by atoms with van der Waals surface area (Å²) in [5, 5.41) is 0. The summed E-state index contributed by atoms with van der Waals surface area (Å²) >= 11 is 1.33. The van der Waals surface area contributed by atoms with Crippen molar-refractivity contribution in [1.29, 1.82) is 0 Å². The summed E-state index contributed by atoms with van der Waals surface area (Å²) in [6, 6.07) is 4.30. The Balaban J connectivity index is 2.65. The molecule has 0 aliphatic rings. The average molecular weight is 229 g/mol. The number of amides is 1. The maximum Gasteiger partial charge on any atom is 0.227 e. The number of benzene rings is 1. The lowest BCUT2D eigenvalue weighted by atomic mass is 10.2. The summed E-state index contributed by atoms with van der Waals surface area (Å²) in [7, 11) is 1.52. The Hall–Kier alpha value is -1.23. The Morgan fingerprint density at radius 1 is 1.60 bits per heavy atom. The number of primary amides is 1. The molecule has 0 fully saturated rings. The Morgan fingerprint density at radius 2 is 2.33 bits per heavy atom. The van der Waals surface area contributed by atoms with Gasteiger partial charge in [0, 0.05) is 11.3 Å². The number of thioether (sulfide) groups is 1. The molecule has 1 rings (SSSR count). The van der Waals surface area contributed by atoms with Crippen molar-refractivity contribution in [3.8, 4) is 5.75 Å². The summed E-state index contributed by atoms with van der Waals surface area (Å²) in [6.45, 7) is 0. The molecular formula is C10H12FNO2S. The minimum absolute atomic E-state index is 0.222. The van der Waals surface area contributed by atoms with Crippen molar-refractivity contribution in [2.75, 3.05) is 12.9 Å². The molecule has 1 aromatic carbocycles. The van der Waals surface area contributed by atoms with Gasteiger partial charge in [-0.05, 0) is 18.2 Å². The SMILES string of the molecule is COc1ccc(F)cc1CSCC(N)=O. The first-order chi connectivity index (χ1) is 7.13. The standard InChI is InChI=1S/C10H12FNO2S/c1-14-9-3-2-8(11)4-7(9)5-15-6-10(12)13/h2-4H,5-6H2,1H3,(H2,12,13). The van der Waals surface area contributed by atoms with Gasteiger partial charge in [0.15, 0.2) is 0 Å². The van der Waals surface area contributed by atoms with E-state index in [1.807, 2.05) is 0 Å². The van der Waals surface area contributed by atoms with E-state index in [-0.39, 0.29) is 17.5 Å². The molecule has 0 aliphatic heterocycles. The molecule has 82 valence electrons. The number of methoxy groups -OCH3 is 1. The third-order valence-corrected chi connectivity index (χ3v) is 2.75. The van der Waals surface area contributed by atoms with Crippen LogP contribution >= 0.6 is 11.8 Å². The van der Waals surface area contributed by atoms with Crippen molar-refractivity contribution in [3.63, 3.8) is 0 Å². The van der Waals surface area contributed by atoms with Gasteiger partial charge in [-0.15, -0.1) is 11.8 Å². The third kappa shape index (κ3) is 3.79. The van der Waals surface area contributed by atoms with Crippen LogP contribution in [0.2, 0.25) is 0 Å². The largest absolute Gasteiger partial charge is 0.496 e. The zero-order valence-electron chi connectivity index (χ0n) is 8.33. The topological polar surface area (TPSA) is 52.3 Å². The van der Waals surface area contributed by atoms with Gasteiger partial charge in [0.2, 0.25) is 5.91 Å². The highest BCUT2D eigenvalue weighted by Crippen LogP contribution is 2.23. The first-order valence-electron chi connectivity index (χ1n) is 4.32. The Kier molecular flexibility index (Phi) is 4.42. The number of halogens is 1. The Bertz CT molecular complexity index is 357. The first-order valence-corrected chi connectivity index (χ1v) is 5.47.